The first-order chi connectivity index (χ1) is 7.37. The van der Waals surface area contributed by atoms with Crippen LogP contribution >= 0.6 is 0 Å². The molecule has 0 aromatic heterocycles. The number of sulfonamides is 1. The SMILES string of the molecule is CC1(C)C(=O)CCCN1S(=O)(=O)C1CCC1. The van der Waals surface area contributed by atoms with Crippen molar-refractivity contribution in [3.05, 3.63) is 0 Å². The largest absolute Gasteiger partial charge is 0.298 e. The molecule has 4 nitrogen and oxygen atoms in total. The van der Waals surface area contributed by atoms with E-state index in [0.29, 0.717) is 19.4 Å². The maximum Gasteiger partial charge on any atom is 0.217 e. The van der Waals surface area contributed by atoms with Crippen LogP contribution in [0.15, 0.2) is 0 Å². The quantitative estimate of drug-likeness (QED) is 0.737. The average Bonchev–Trinajstić information content (AvgIpc) is 2.05. The van der Waals surface area contributed by atoms with E-state index in [2.05, 4.69) is 0 Å². The fraction of sp³-hybridized carbons (Fsp3) is 0.909. The number of ketones is 1. The molecular weight excluding hydrogens is 226 g/mol. The van der Waals surface area contributed by atoms with Gasteiger partial charge in [0.15, 0.2) is 5.78 Å². The second kappa shape index (κ2) is 3.81. The maximum atomic E-state index is 12.3. The van der Waals surface area contributed by atoms with Crippen LogP contribution in [0.5, 0.6) is 0 Å². The Balaban J connectivity index is 2.28. The Labute approximate surface area is 97.1 Å². The number of carbonyl (C=O) groups excluding carboxylic acids is 1. The Morgan fingerprint density at radius 1 is 1.25 bits per heavy atom. The van der Waals surface area contributed by atoms with Crippen LogP contribution in [-0.4, -0.2) is 35.8 Å². The molecule has 5 heteroatoms. The Morgan fingerprint density at radius 2 is 1.88 bits per heavy atom. The van der Waals surface area contributed by atoms with Crippen molar-refractivity contribution in [3.8, 4) is 0 Å². The molecule has 0 radical (unpaired) electrons. The van der Waals surface area contributed by atoms with Gasteiger partial charge in [-0.15, -0.1) is 0 Å². The number of Topliss-reactive ketones (excluding diaryl/α,β-unsaturated/α-hetero) is 1. The summed E-state index contributed by atoms with van der Waals surface area (Å²) in [5.41, 5.74) is -0.841. The van der Waals surface area contributed by atoms with Gasteiger partial charge >= 0.3 is 0 Å². The molecule has 0 amide bonds. The highest BCUT2D eigenvalue weighted by Crippen LogP contribution is 2.35. The molecule has 0 aromatic rings. The van der Waals surface area contributed by atoms with Crippen LogP contribution in [0.1, 0.15) is 46.0 Å². The van der Waals surface area contributed by atoms with Crippen molar-refractivity contribution in [2.45, 2.75) is 56.7 Å². The van der Waals surface area contributed by atoms with Crippen LogP contribution in [-0.2, 0) is 14.8 Å². The standard InChI is InChI=1S/C11H19NO3S/c1-11(2)10(13)7-4-8-12(11)16(14,15)9-5-3-6-9/h9H,3-8H2,1-2H3. The van der Waals surface area contributed by atoms with Gasteiger partial charge in [-0.25, -0.2) is 8.42 Å². The molecular formula is C11H19NO3S. The molecule has 1 heterocycles. The first-order valence-corrected chi connectivity index (χ1v) is 7.42. The van der Waals surface area contributed by atoms with Crippen LogP contribution in [0.25, 0.3) is 0 Å². The lowest BCUT2D eigenvalue weighted by molar-refractivity contribution is -0.129. The second-order valence-corrected chi connectivity index (χ2v) is 7.39. The molecule has 2 rings (SSSR count). The molecule has 1 saturated heterocycles. The van der Waals surface area contributed by atoms with Gasteiger partial charge in [0.2, 0.25) is 10.0 Å². The van der Waals surface area contributed by atoms with Crippen LogP contribution in [0, 0.1) is 0 Å². The molecule has 2 fully saturated rings. The second-order valence-electron chi connectivity index (χ2n) is 5.26. The van der Waals surface area contributed by atoms with E-state index in [1.54, 1.807) is 13.8 Å². The highest BCUT2D eigenvalue weighted by atomic mass is 32.2. The first-order valence-electron chi connectivity index (χ1n) is 5.92. The summed E-state index contributed by atoms with van der Waals surface area (Å²) in [6.07, 6.45) is 3.66. The molecule has 1 aliphatic heterocycles. The van der Waals surface area contributed by atoms with Crippen LogP contribution < -0.4 is 0 Å². The summed E-state index contributed by atoms with van der Waals surface area (Å²) in [5.74, 6) is 0.0432. The lowest BCUT2D eigenvalue weighted by Gasteiger charge is -2.43. The van der Waals surface area contributed by atoms with Gasteiger partial charge < -0.3 is 0 Å². The van der Waals surface area contributed by atoms with Crippen molar-refractivity contribution in [2.75, 3.05) is 6.54 Å². The maximum absolute atomic E-state index is 12.3. The van der Waals surface area contributed by atoms with Crippen molar-refractivity contribution in [1.29, 1.82) is 0 Å². The normalized spacial score (nSPS) is 27.8. The lowest BCUT2D eigenvalue weighted by atomic mass is 9.92. The van der Waals surface area contributed by atoms with E-state index in [-0.39, 0.29) is 11.0 Å². The molecule has 16 heavy (non-hydrogen) atoms. The summed E-state index contributed by atoms with van der Waals surface area (Å²) in [5, 5.41) is -0.238. The highest BCUT2D eigenvalue weighted by Gasteiger charge is 2.47. The van der Waals surface area contributed by atoms with E-state index < -0.39 is 15.6 Å². The Bertz CT molecular complexity index is 395. The molecule has 0 aromatic carbocycles. The number of carbonyl (C=O) groups is 1. The minimum Gasteiger partial charge on any atom is -0.298 e. The third-order valence-electron chi connectivity index (χ3n) is 3.85. The van der Waals surface area contributed by atoms with Gasteiger partial charge in [0.1, 0.15) is 0 Å². The fourth-order valence-electron chi connectivity index (χ4n) is 2.40. The van der Waals surface area contributed by atoms with Gasteiger partial charge in [0.05, 0.1) is 10.8 Å². The minimum atomic E-state index is -3.25. The van der Waals surface area contributed by atoms with Crippen molar-refractivity contribution >= 4 is 15.8 Å². The zero-order valence-electron chi connectivity index (χ0n) is 9.90. The molecule has 0 unspecified atom stereocenters. The van der Waals surface area contributed by atoms with Crippen LogP contribution in [0.3, 0.4) is 0 Å². The first kappa shape index (κ1) is 12.0. The Morgan fingerprint density at radius 3 is 2.38 bits per heavy atom. The molecule has 1 saturated carbocycles. The summed E-state index contributed by atoms with van der Waals surface area (Å²) < 4.78 is 26.0. The van der Waals surface area contributed by atoms with Crippen molar-refractivity contribution < 1.29 is 13.2 Å². The summed E-state index contributed by atoms with van der Waals surface area (Å²) in [4.78, 5) is 11.8. The molecule has 92 valence electrons. The van der Waals surface area contributed by atoms with E-state index >= 15 is 0 Å². The molecule has 0 atom stereocenters. The third-order valence-corrected chi connectivity index (χ3v) is 6.42. The third kappa shape index (κ3) is 1.70. The topological polar surface area (TPSA) is 54.5 Å². The van der Waals surface area contributed by atoms with Gasteiger partial charge in [-0.05, 0) is 33.1 Å². The zero-order valence-corrected chi connectivity index (χ0v) is 10.7. The Kier molecular flexibility index (Phi) is 2.87. The van der Waals surface area contributed by atoms with Crippen molar-refractivity contribution in [3.63, 3.8) is 0 Å². The van der Waals surface area contributed by atoms with Gasteiger partial charge in [-0.1, -0.05) is 6.42 Å². The Hall–Kier alpha value is -0.420. The summed E-state index contributed by atoms with van der Waals surface area (Å²) in [6.45, 7) is 3.95. The highest BCUT2D eigenvalue weighted by molar-refractivity contribution is 7.89. The smallest absolute Gasteiger partial charge is 0.217 e. The van der Waals surface area contributed by atoms with E-state index in [0.717, 1.165) is 19.3 Å². The molecule has 1 aliphatic carbocycles. The predicted molar refractivity (Wildman–Crippen MR) is 61.6 cm³/mol. The molecule has 0 spiro atoms. The molecule has 2 aliphatic rings. The van der Waals surface area contributed by atoms with Gasteiger partial charge in [0, 0.05) is 13.0 Å². The summed E-state index contributed by atoms with van der Waals surface area (Å²) >= 11 is 0. The van der Waals surface area contributed by atoms with Crippen molar-refractivity contribution in [2.24, 2.45) is 0 Å². The number of nitrogens with zero attached hydrogens (tertiary/aromatic N) is 1. The van der Waals surface area contributed by atoms with Crippen LogP contribution in [0.4, 0.5) is 0 Å². The number of hydrogen-bond donors (Lipinski definition) is 0. The van der Waals surface area contributed by atoms with Gasteiger partial charge in [0.25, 0.3) is 0 Å². The van der Waals surface area contributed by atoms with E-state index in [1.165, 1.54) is 4.31 Å². The summed E-state index contributed by atoms with van der Waals surface area (Å²) in [7, 11) is -3.25. The van der Waals surface area contributed by atoms with Crippen LogP contribution in [0.2, 0.25) is 0 Å². The van der Waals surface area contributed by atoms with E-state index in [4.69, 9.17) is 0 Å². The average molecular weight is 245 g/mol. The number of rotatable bonds is 2. The molecule has 0 bridgehead atoms. The number of hydrogen-bond acceptors (Lipinski definition) is 3. The van der Waals surface area contributed by atoms with Crippen molar-refractivity contribution in [1.82, 2.24) is 4.31 Å². The lowest BCUT2D eigenvalue weighted by Crippen LogP contribution is -2.58. The van der Waals surface area contributed by atoms with E-state index in [1.807, 2.05) is 0 Å². The summed E-state index contributed by atoms with van der Waals surface area (Å²) in [6, 6.07) is 0. The minimum absolute atomic E-state index is 0.0432. The monoisotopic (exact) mass is 245 g/mol. The fourth-order valence-corrected chi connectivity index (χ4v) is 4.81. The van der Waals surface area contributed by atoms with E-state index in [9.17, 15) is 13.2 Å². The zero-order chi connectivity index (χ0) is 12.0. The predicted octanol–water partition coefficient (Wildman–Crippen LogP) is 1.31. The number of piperidine rings is 1. The van der Waals surface area contributed by atoms with Gasteiger partial charge in [-0.2, -0.15) is 4.31 Å². The molecule has 0 N–H and O–H groups in total. The van der Waals surface area contributed by atoms with Gasteiger partial charge in [-0.3, -0.25) is 4.79 Å².